The molecule has 3 rings (SSSR count). The summed E-state index contributed by atoms with van der Waals surface area (Å²) in [6, 6.07) is 6.53. The van der Waals surface area contributed by atoms with Crippen molar-refractivity contribution in [2.75, 3.05) is 20.1 Å². The Morgan fingerprint density at radius 3 is 3.13 bits per heavy atom. The highest BCUT2D eigenvalue weighted by Gasteiger charge is 2.30. The topological polar surface area (TPSA) is 63.1 Å². The van der Waals surface area contributed by atoms with E-state index in [9.17, 15) is 9.18 Å². The van der Waals surface area contributed by atoms with E-state index in [-0.39, 0.29) is 17.8 Å². The molecule has 1 amide bonds. The van der Waals surface area contributed by atoms with Crippen LogP contribution in [-0.4, -0.2) is 52.0 Å². The Morgan fingerprint density at radius 2 is 2.35 bits per heavy atom. The number of benzene rings is 1. The van der Waals surface area contributed by atoms with Gasteiger partial charge in [0, 0.05) is 19.1 Å². The number of aromatic nitrogens is 3. The summed E-state index contributed by atoms with van der Waals surface area (Å²) in [7, 11) is 1.89. The second-order valence-corrected chi connectivity index (χ2v) is 5.78. The van der Waals surface area contributed by atoms with Gasteiger partial charge in [-0.1, -0.05) is 17.3 Å². The summed E-state index contributed by atoms with van der Waals surface area (Å²) >= 11 is 0. The number of hydrogen-bond donors (Lipinski definition) is 1. The first kappa shape index (κ1) is 15.6. The molecular weight excluding hydrogens is 297 g/mol. The molecule has 0 spiro atoms. The fraction of sp³-hybridized carbons (Fsp3) is 0.438. The molecule has 0 aliphatic carbocycles. The third-order valence-corrected chi connectivity index (χ3v) is 4.07. The predicted octanol–water partition coefficient (Wildman–Crippen LogP) is 1.29. The van der Waals surface area contributed by atoms with Gasteiger partial charge >= 0.3 is 0 Å². The number of likely N-dealkylation sites (N-methyl/N-ethyl adjacent to an activating group) is 1. The van der Waals surface area contributed by atoms with E-state index < -0.39 is 0 Å². The van der Waals surface area contributed by atoms with Crippen molar-refractivity contribution in [2.45, 2.75) is 25.4 Å². The summed E-state index contributed by atoms with van der Waals surface area (Å²) in [6.45, 7) is 1.92. The van der Waals surface area contributed by atoms with Crippen LogP contribution in [-0.2, 0) is 6.54 Å². The maximum atomic E-state index is 13.2. The number of carbonyl (C=O) groups is 1. The van der Waals surface area contributed by atoms with Gasteiger partial charge in [-0.2, -0.15) is 0 Å². The molecule has 1 unspecified atom stereocenters. The Hall–Kier alpha value is -2.28. The molecule has 7 heteroatoms. The van der Waals surface area contributed by atoms with E-state index in [4.69, 9.17) is 0 Å². The third kappa shape index (κ3) is 3.56. The van der Waals surface area contributed by atoms with Gasteiger partial charge in [0.2, 0.25) is 0 Å². The van der Waals surface area contributed by atoms with Crippen molar-refractivity contribution in [3.8, 4) is 0 Å². The van der Waals surface area contributed by atoms with E-state index in [0.717, 1.165) is 31.5 Å². The quantitative estimate of drug-likeness (QED) is 0.902. The minimum atomic E-state index is -0.286. The van der Waals surface area contributed by atoms with Gasteiger partial charge < -0.3 is 10.2 Å². The molecule has 1 N–H and O–H groups in total. The first-order valence-corrected chi connectivity index (χ1v) is 7.77. The van der Waals surface area contributed by atoms with Crippen molar-refractivity contribution >= 4 is 5.91 Å². The van der Waals surface area contributed by atoms with E-state index in [1.807, 2.05) is 18.0 Å². The van der Waals surface area contributed by atoms with E-state index in [0.29, 0.717) is 12.2 Å². The van der Waals surface area contributed by atoms with Gasteiger partial charge in [0.15, 0.2) is 5.69 Å². The highest BCUT2D eigenvalue weighted by Crippen LogP contribution is 2.19. The lowest BCUT2D eigenvalue weighted by atomic mass is 10.2. The Bertz CT molecular complexity index is 687. The third-order valence-electron chi connectivity index (χ3n) is 4.07. The van der Waals surface area contributed by atoms with Crippen LogP contribution in [0.5, 0.6) is 0 Å². The molecule has 0 saturated carbocycles. The van der Waals surface area contributed by atoms with E-state index >= 15 is 0 Å². The standard InChI is InChI=1S/C16H20FN5O/c1-18-9-14-6-3-7-22(14)16(23)15-11-21(20-19-15)10-12-4-2-5-13(17)8-12/h2,4-5,8,11,14,18H,3,6-7,9-10H2,1H3. The van der Waals surface area contributed by atoms with E-state index in [2.05, 4.69) is 15.6 Å². The summed E-state index contributed by atoms with van der Waals surface area (Å²) in [4.78, 5) is 14.4. The van der Waals surface area contributed by atoms with Gasteiger partial charge in [-0.25, -0.2) is 9.07 Å². The lowest BCUT2D eigenvalue weighted by Crippen LogP contribution is -2.41. The summed E-state index contributed by atoms with van der Waals surface area (Å²) in [5.74, 6) is -0.376. The Kier molecular flexibility index (Phi) is 4.66. The smallest absolute Gasteiger partial charge is 0.276 e. The van der Waals surface area contributed by atoms with Gasteiger partial charge in [0.25, 0.3) is 5.91 Å². The molecule has 1 fully saturated rings. The molecule has 1 saturated heterocycles. The SMILES string of the molecule is CNCC1CCCN1C(=O)c1cn(Cc2cccc(F)c2)nn1. The average molecular weight is 317 g/mol. The first-order chi connectivity index (χ1) is 11.2. The molecule has 122 valence electrons. The summed E-state index contributed by atoms with van der Waals surface area (Å²) in [5.41, 5.74) is 1.12. The van der Waals surface area contributed by atoms with Crippen molar-refractivity contribution in [1.29, 1.82) is 0 Å². The van der Waals surface area contributed by atoms with Gasteiger partial charge in [-0.15, -0.1) is 5.10 Å². The molecule has 23 heavy (non-hydrogen) atoms. The largest absolute Gasteiger partial charge is 0.333 e. The van der Waals surface area contributed by atoms with E-state index in [1.54, 1.807) is 16.9 Å². The molecule has 0 bridgehead atoms. The normalized spacial score (nSPS) is 17.7. The molecule has 0 radical (unpaired) electrons. The minimum absolute atomic E-state index is 0.0896. The van der Waals surface area contributed by atoms with E-state index in [1.165, 1.54) is 12.1 Å². The maximum absolute atomic E-state index is 13.2. The summed E-state index contributed by atoms with van der Waals surface area (Å²) < 4.78 is 14.8. The second kappa shape index (κ2) is 6.87. The first-order valence-electron chi connectivity index (χ1n) is 7.77. The Balaban J connectivity index is 1.70. The summed E-state index contributed by atoms with van der Waals surface area (Å²) in [5, 5.41) is 11.1. The van der Waals surface area contributed by atoms with Crippen LogP contribution < -0.4 is 5.32 Å². The van der Waals surface area contributed by atoms with Crippen molar-refractivity contribution < 1.29 is 9.18 Å². The number of rotatable bonds is 5. The maximum Gasteiger partial charge on any atom is 0.276 e. The van der Waals surface area contributed by atoms with Crippen LogP contribution in [0.4, 0.5) is 4.39 Å². The highest BCUT2D eigenvalue weighted by molar-refractivity contribution is 5.92. The van der Waals surface area contributed by atoms with Crippen LogP contribution in [0.2, 0.25) is 0 Å². The molecule has 1 aliphatic heterocycles. The Labute approximate surface area is 134 Å². The van der Waals surface area contributed by atoms with Crippen molar-refractivity contribution in [2.24, 2.45) is 0 Å². The fourth-order valence-corrected chi connectivity index (χ4v) is 2.99. The van der Waals surface area contributed by atoms with Crippen molar-refractivity contribution in [1.82, 2.24) is 25.2 Å². The molecular formula is C16H20FN5O. The minimum Gasteiger partial charge on any atom is -0.333 e. The van der Waals surface area contributed by atoms with Gasteiger partial charge in [-0.3, -0.25) is 4.79 Å². The number of halogens is 1. The Morgan fingerprint density at radius 1 is 1.48 bits per heavy atom. The zero-order chi connectivity index (χ0) is 16.2. The molecule has 6 nitrogen and oxygen atoms in total. The lowest BCUT2D eigenvalue weighted by molar-refractivity contribution is 0.0731. The zero-order valence-corrected chi connectivity index (χ0v) is 13.1. The van der Waals surface area contributed by atoms with Crippen LogP contribution in [0.3, 0.4) is 0 Å². The van der Waals surface area contributed by atoms with Crippen LogP contribution in [0.15, 0.2) is 30.5 Å². The molecule has 2 aromatic rings. The summed E-state index contributed by atoms with van der Waals surface area (Å²) in [6.07, 6.45) is 3.64. The average Bonchev–Trinajstić information content (AvgIpc) is 3.16. The number of nitrogens with zero attached hydrogens (tertiary/aromatic N) is 4. The number of nitrogens with one attached hydrogen (secondary N) is 1. The highest BCUT2D eigenvalue weighted by atomic mass is 19.1. The number of hydrogen-bond acceptors (Lipinski definition) is 4. The molecule has 1 atom stereocenters. The van der Waals surface area contributed by atoms with Gasteiger partial charge in [0.05, 0.1) is 12.7 Å². The van der Waals surface area contributed by atoms with Crippen LogP contribution in [0.1, 0.15) is 28.9 Å². The number of likely N-dealkylation sites (tertiary alicyclic amines) is 1. The molecule has 1 aromatic carbocycles. The van der Waals surface area contributed by atoms with Crippen molar-refractivity contribution in [3.63, 3.8) is 0 Å². The fourth-order valence-electron chi connectivity index (χ4n) is 2.99. The van der Waals surface area contributed by atoms with Crippen molar-refractivity contribution in [3.05, 3.63) is 47.5 Å². The second-order valence-electron chi connectivity index (χ2n) is 5.78. The lowest BCUT2D eigenvalue weighted by Gasteiger charge is -2.23. The van der Waals surface area contributed by atoms with Crippen LogP contribution in [0.25, 0.3) is 0 Å². The van der Waals surface area contributed by atoms with Gasteiger partial charge in [0.1, 0.15) is 5.82 Å². The molecule has 1 aromatic heterocycles. The van der Waals surface area contributed by atoms with Crippen LogP contribution >= 0.6 is 0 Å². The monoisotopic (exact) mass is 317 g/mol. The number of carbonyl (C=O) groups excluding carboxylic acids is 1. The molecule has 2 heterocycles. The van der Waals surface area contributed by atoms with Gasteiger partial charge in [-0.05, 0) is 37.6 Å². The van der Waals surface area contributed by atoms with Crippen LogP contribution in [0, 0.1) is 5.82 Å². The number of amides is 1. The molecule has 1 aliphatic rings. The predicted molar refractivity (Wildman–Crippen MR) is 83.5 cm³/mol. The zero-order valence-electron chi connectivity index (χ0n) is 13.1.